The molecule has 0 amide bonds. The number of hydrogen-bond donors (Lipinski definition) is 4. The third-order valence-electron chi connectivity index (χ3n) is 5.41. The van der Waals surface area contributed by atoms with E-state index in [1.807, 2.05) is 6.08 Å². The van der Waals surface area contributed by atoms with Gasteiger partial charge in [-0.15, -0.1) is 0 Å². The summed E-state index contributed by atoms with van der Waals surface area (Å²) in [6.45, 7) is 2.13. The monoisotopic (exact) mass is 382 g/mol. The fourth-order valence-electron chi connectivity index (χ4n) is 3.75. The van der Waals surface area contributed by atoms with E-state index in [0.717, 1.165) is 44.9 Å². The van der Waals surface area contributed by atoms with Crippen LogP contribution in [0.3, 0.4) is 0 Å². The molecular formula is C22H38O5. The van der Waals surface area contributed by atoms with Gasteiger partial charge in [-0.3, -0.25) is 4.79 Å². The highest BCUT2D eigenvalue weighted by molar-refractivity contribution is 5.66. The molecule has 0 saturated heterocycles. The van der Waals surface area contributed by atoms with Gasteiger partial charge in [0.05, 0.1) is 18.3 Å². The lowest BCUT2D eigenvalue weighted by molar-refractivity contribution is -0.137. The zero-order valence-electron chi connectivity index (χ0n) is 16.7. The maximum atomic E-state index is 10.5. The Kier molecular flexibility index (Phi) is 12.3. The molecule has 0 heterocycles. The molecule has 0 radical (unpaired) electrons. The van der Waals surface area contributed by atoms with Crippen molar-refractivity contribution in [3.8, 4) is 0 Å². The summed E-state index contributed by atoms with van der Waals surface area (Å²) in [6.07, 6.45) is 15.0. The van der Waals surface area contributed by atoms with Crippen LogP contribution in [0, 0.1) is 11.8 Å². The van der Waals surface area contributed by atoms with E-state index in [1.165, 1.54) is 0 Å². The SMILES string of the molecule is CCCCC[C@H](O)/C=C/[C@@H]1[C@@H](C/C=C\CCCCCC(=O)O)[C@@H](O)C[C@H]1O. The number of aliphatic carboxylic acids is 1. The standard InChI is InChI=1S/C22H38O5/c1-2-3-8-11-17(23)14-15-19-18(20(24)16-21(19)25)12-9-6-4-5-7-10-13-22(26)27/h6,9,14-15,17-21,23-25H,2-5,7-8,10-13,16H2,1H3,(H,26,27)/b9-6-,15-14+/t17-,18+,19+,20-,21+/m0/s1. The van der Waals surface area contributed by atoms with Gasteiger partial charge >= 0.3 is 5.97 Å². The first-order valence-electron chi connectivity index (χ1n) is 10.5. The van der Waals surface area contributed by atoms with Crippen LogP contribution in [0.4, 0.5) is 0 Å². The quantitative estimate of drug-likeness (QED) is 0.270. The van der Waals surface area contributed by atoms with Gasteiger partial charge in [-0.1, -0.05) is 56.9 Å². The van der Waals surface area contributed by atoms with Crippen molar-refractivity contribution in [2.45, 2.75) is 95.9 Å². The van der Waals surface area contributed by atoms with Gasteiger partial charge in [-0.2, -0.15) is 0 Å². The Morgan fingerprint density at radius 2 is 1.85 bits per heavy atom. The fourth-order valence-corrected chi connectivity index (χ4v) is 3.75. The third kappa shape index (κ3) is 10.1. The van der Waals surface area contributed by atoms with Gasteiger partial charge in [0.25, 0.3) is 0 Å². The van der Waals surface area contributed by atoms with Crippen molar-refractivity contribution in [1.29, 1.82) is 0 Å². The highest BCUT2D eigenvalue weighted by Gasteiger charge is 2.39. The van der Waals surface area contributed by atoms with Crippen molar-refractivity contribution in [2.24, 2.45) is 11.8 Å². The van der Waals surface area contributed by atoms with Crippen LogP contribution < -0.4 is 0 Å². The number of aliphatic hydroxyl groups excluding tert-OH is 3. The molecular weight excluding hydrogens is 344 g/mol. The number of aliphatic hydroxyl groups is 3. The summed E-state index contributed by atoms with van der Waals surface area (Å²) in [7, 11) is 0. The minimum Gasteiger partial charge on any atom is -0.481 e. The number of rotatable bonds is 14. The van der Waals surface area contributed by atoms with Crippen LogP contribution in [0.25, 0.3) is 0 Å². The summed E-state index contributed by atoms with van der Waals surface area (Å²) in [5.74, 6) is -0.891. The van der Waals surface area contributed by atoms with Gasteiger partial charge in [-0.05, 0) is 38.0 Å². The molecule has 1 saturated carbocycles. The molecule has 0 spiro atoms. The Labute approximate surface area is 163 Å². The van der Waals surface area contributed by atoms with Crippen LogP contribution in [-0.2, 0) is 4.79 Å². The fraction of sp³-hybridized carbons (Fsp3) is 0.773. The van der Waals surface area contributed by atoms with Crippen molar-refractivity contribution in [1.82, 2.24) is 0 Å². The molecule has 5 nitrogen and oxygen atoms in total. The van der Waals surface area contributed by atoms with Gasteiger partial charge in [0, 0.05) is 18.8 Å². The van der Waals surface area contributed by atoms with Crippen molar-refractivity contribution in [2.75, 3.05) is 0 Å². The van der Waals surface area contributed by atoms with E-state index in [1.54, 1.807) is 6.08 Å². The molecule has 27 heavy (non-hydrogen) atoms. The molecule has 0 unspecified atom stereocenters. The number of hydrogen-bond acceptors (Lipinski definition) is 4. The maximum Gasteiger partial charge on any atom is 0.303 e. The lowest BCUT2D eigenvalue weighted by atomic mass is 9.89. The zero-order chi connectivity index (χ0) is 20.1. The second-order valence-electron chi connectivity index (χ2n) is 7.76. The summed E-state index contributed by atoms with van der Waals surface area (Å²) < 4.78 is 0. The summed E-state index contributed by atoms with van der Waals surface area (Å²) >= 11 is 0. The van der Waals surface area contributed by atoms with Gasteiger partial charge < -0.3 is 20.4 Å². The summed E-state index contributed by atoms with van der Waals surface area (Å²) in [5.41, 5.74) is 0. The van der Waals surface area contributed by atoms with E-state index < -0.39 is 24.3 Å². The van der Waals surface area contributed by atoms with Crippen molar-refractivity contribution >= 4 is 5.97 Å². The molecule has 5 atom stereocenters. The van der Waals surface area contributed by atoms with Crippen molar-refractivity contribution < 1.29 is 25.2 Å². The molecule has 4 N–H and O–H groups in total. The second-order valence-corrected chi connectivity index (χ2v) is 7.76. The number of carbonyl (C=O) groups is 1. The van der Waals surface area contributed by atoms with Crippen LogP contribution in [0.15, 0.2) is 24.3 Å². The van der Waals surface area contributed by atoms with Crippen LogP contribution in [0.1, 0.15) is 77.6 Å². The van der Waals surface area contributed by atoms with Crippen LogP contribution in [0.2, 0.25) is 0 Å². The molecule has 1 rings (SSSR count). The van der Waals surface area contributed by atoms with Crippen LogP contribution in [-0.4, -0.2) is 44.7 Å². The Hall–Kier alpha value is -1.17. The van der Waals surface area contributed by atoms with Gasteiger partial charge in [0.1, 0.15) is 0 Å². The average Bonchev–Trinajstić information content (AvgIpc) is 2.88. The van der Waals surface area contributed by atoms with Crippen LogP contribution >= 0.6 is 0 Å². The zero-order valence-corrected chi connectivity index (χ0v) is 16.7. The average molecular weight is 383 g/mol. The predicted octanol–water partition coefficient (Wildman–Crippen LogP) is 3.82. The minimum absolute atomic E-state index is 0.0256. The van der Waals surface area contributed by atoms with Gasteiger partial charge in [-0.25, -0.2) is 0 Å². The number of allylic oxidation sites excluding steroid dienone is 2. The first-order valence-corrected chi connectivity index (χ1v) is 10.5. The summed E-state index contributed by atoms with van der Waals surface area (Å²) in [5, 5.41) is 39.1. The van der Waals surface area contributed by atoms with Gasteiger partial charge in [0.15, 0.2) is 0 Å². The molecule has 5 heteroatoms. The predicted molar refractivity (Wildman–Crippen MR) is 107 cm³/mol. The first-order chi connectivity index (χ1) is 13.0. The second kappa shape index (κ2) is 13.9. The number of carboxylic acid groups (broad SMARTS) is 1. The number of carboxylic acids is 1. The van der Waals surface area contributed by atoms with Crippen LogP contribution in [0.5, 0.6) is 0 Å². The Morgan fingerprint density at radius 1 is 1.07 bits per heavy atom. The number of unbranched alkanes of at least 4 members (excludes halogenated alkanes) is 5. The van der Waals surface area contributed by atoms with E-state index in [0.29, 0.717) is 19.3 Å². The summed E-state index contributed by atoms with van der Waals surface area (Å²) in [6, 6.07) is 0. The lowest BCUT2D eigenvalue weighted by Gasteiger charge is -2.19. The maximum absolute atomic E-state index is 10.5. The first kappa shape index (κ1) is 23.9. The largest absolute Gasteiger partial charge is 0.481 e. The molecule has 0 bridgehead atoms. The van der Waals surface area contributed by atoms with Crippen molar-refractivity contribution in [3.05, 3.63) is 24.3 Å². The molecule has 1 fully saturated rings. The molecule has 1 aliphatic carbocycles. The topological polar surface area (TPSA) is 98.0 Å². The Bertz CT molecular complexity index is 460. The molecule has 0 aromatic rings. The van der Waals surface area contributed by atoms with Crippen molar-refractivity contribution in [3.63, 3.8) is 0 Å². The van der Waals surface area contributed by atoms with E-state index in [9.17, 15) is 20.1 Å². The van der Waals surface area contributed by atoms with E-state index in [2.05, 4.69) is 19.1 Å². The van der Waals surface area contributed by atoms with E-state index in [-0.39, 0.29) is 18.3 Å². The van der Waals surface area contributed by atoms with E-state index >= 15 is 0 Å². The molecule has 0 aliphatic heterocycles. The Balaban J connectivity index is 2.37. The van der Waals surface area contributed by atoms with E-state index in [4.69, 9.17) is 5.11 Å². The Morgan fingerprint density at radius 3 is 2.56 bits per heavy atom. The minimum atomic E-state index is -0.742. The molecule has 0 aromatic carbocycles. The molecule has 0 aromatic heterocycles. The normalized spacial score (nSPS) is 27.0. The molecule has 1 aliphatic rings. The highest BCUT2D eigenvalue weighted by Crippen LogP contribution is 2.36. The highest BCUT2D eigenvalue weighted by atomic mass is 16.4. The van der Waals surface area contributed by atoms with Gasteiger partial charge in [0.2, 0.25) is 0 Å². The molecule has 156 valence electrons. The smallest absolute Gasteiger partial charge is 0.303 e. The lowest BCUT2D eigenvalue weighted by Crippen LogP contribution is -2.20. The third-order valence-corrected chi connectivity index (χ3v) is 5.41. The summed E-state index contributed by atoms with van der Waals surface area (Å²) in [4.78, 5) is 10.5.